The Hall–Kier alpha value is -5.45. The predicted octanol–water partition coefficient (Wildman–Crippen LogP) is 13.3. The molecular formula is C56H57BBr2Cl3N7O4. The van der Waals surface area contributed by atoms with E-state index in [1.54, 1.807) is 91.3 Å². The fourth-order valence-electron chi connectivity index (χ4n) is 8.53. The summed E-state index contributed by atoms with van der Waals surface area (Å²) in [6.07, 6.45) is 9.55. The molecule has 2 aliphatic carbocycles. The van der Waals surface area contributed by atoms with E-state index in [0.717, 1.165) is 54.0 Å². The van der Waals surface area contributed by atoms with Crippen LogP contribution >= 0.6 is 66.7 Å². The van der Waals surface area contributed by atoms with Crippen LogP contribution in [-0.4, -0.2) is 40.1 Å². The van der Waals surface area contributed by atoms with E-state index in [9.17, 15) is 9.59 Å². The number of nitrogens with one attached hydrogen (secondary N) is 2. The number of carbonyl (C=O) groups excluding carboxylic acids is 2. The first-order valence-corrected chi connectivity index (χ1v) is 26.5. The van der Waals surface area contributed by atoms with Crippen LogP contribution in [0.4, 0.5) is 17.1 Å². The summed E-state index contributed by atoms with van der Waals surface area (Å²) in [5, 5.41) is 8.20. The molecule has 3 aliphatic rings. The monoisotopic (exact) mass is 1170 g/mol. The number of amides is 2. The number of hydrogen-bond donors (Lipinski definition) is 5. The summed E-state index contributed by atoms with van der Waals surface area (Å²) < 4.78 is 13.4. The number of halogens is 5. The van der Waals surface area contributed by atoms with Crippen molar-refractivity contribution in [3.8, 4) is 11.3 Å². The molecule has 0 radical (unpaired) electrons. The maximum Gasteiger partial charge on any atom is 0.497 e. The molecule has 0 unspecified atom stereocenters. The summed E-state index contributed by atoms with van der Waals surface area (Å²) in [5.74, 6) is -0.157. The van der Waals surface area contributed by atoms with Crippen molar-refractivity contribution in [2.45, 2.75) is 89.5 Å². The van der Waals surface area contributed by atoms with Crippen molar-refractivity contribution in [2.75, 3.05) is 17.2 Å². The Morgan fingerprint density at radius 1 is 0.603 bits per heavy atom. The van der Waals surface area contributed by atoms with Gasteiger partial charge in [0.05, 0.1) is 29.0 Å². The number of benzene rings is 5. The molecule has 73 heavy (non-hydrogen) atoms. The Balaban J connectivity index is 0.000000151. The minimum absolute atomic E-state index is 0.0373. The Morgan fingerprint density at radius 2 is 1.08 bits per heavy atom. The van der Waals surface area contributed by atoms with E-state index in [1.807, 2.05) is 45.9 Å². The topological polar surface area (TPSA) is 180 Å². The second kappa shape index (κ2) is 24.7. The lowest BCUT2D eigenvalue weighted by atomic mass is 9.78. The Labute approximate surface area is 459 Å². The molecule has 11 nitrogen and oxygen atoms in total. The highest BCUT2D eigenvalue weighted by molar-refractivity contribution is 9.10. The molecule has 2 aromatic heterocycles. The minimum atomic E-state index is -0.460. The zero-order chi connectivity index (χ0) is 52.5. The molecule has 2 atom stereocenters. The zero-order valence-corrected chi connectivity index (χ0v) is 46.3. The smallest absolute Gasteiger partial charge is 0.399 e. The molecule has 17 heteroatoms. The normalized spacial score (nSPS) is 16.9. The van der Waals surface area contributed by atoms with Gasteiger partial charge < -0.3 is 37.1 Å². The molecule has 1 aliphatic heterocycles. The highest BCUT2D eigenvalue weighted by atomic mass is 79.9. The third-order valence-corrected chi connectivity index (χ3v) is 15.0. The molecule has 0 bridgehead atoms. The van der Waals surface area contributed by atoms with E-state index in [0.29, 0.717) is 53.6 Å². The molecule has 5 aromatic carbocycles. The number of anilines is 3. The number of carbonyl (C=O) groups is 2. The fourth-order valence-corrected chi connectivity index (χ4v) is 9.93. The van der Waals surface area contributed by atoms with Crippen LogP contribution in [-0.2, 0) is 22.2 Å². The third kappa shape index (κ3) is 14.4. The average Bonchev–Trinajstić information content (AvgIpc) is 3.60. The second-order valence-corrected chi connectivity index (χ2v) is 21.8. The van der Waals surface area contributed by atoms with Crippen LogP contribution in [0, 0.1) is 0 Å². The van der Waals surface area contributed by atoms with E-state index >= 15 is 0 Å². The van der Waals surface area contributed by atoms with Crippen LogP contribution in [0.5, 0.6) is 0 Å². The number of fused-ring (bicyclic) bond motifs is 2. The van der Waals surface area contributed by atoms with Crippen molar-refractivity contribution in [2.24, 2.45) is 0 Å². The van der Waals surface area contributed by atoms with E-state index in [4.69, 9.17) is 61.3 Å². The number of rotatable bonds is 6. The largest absolute Gasteiger partial charge is 0.497 e. The van der Waals surface area contributed by atoms with Gasteiger partial charge in [0.1, 0.15) is 4.60 Å². The Morgan fingerprint density at radius 3 is 1.62 bits per heavy atom. The SMILES string of the molecule is CC1(C)OB(c2cc(Cl)ccc2N)OC1(C)C.Nc1ccc(Cl)cc1-c1cc(C(=O)N[C@H]2CCCc3ccccc32)ccn1.Nc1ccc(Cl)cc1Br.O=C(N[C@H]1CCCc2ccccc21)c1ccnc(Br)c1. The van der Waals surface area contributed by atoms with Crippen LogP contribution in [0.25, 0.3) is 11.3 Å². The summed E-state index contributed by atoms with van der Waals surface area (Å²) in [6, 6.07) is 39.6. The first kappa shape index (κ1) is 55.3. The number of hydrogen-bond acceptors (Lipinski definition) is 9. The number of nitrogens with zero attached hydrogens (tertiary/aromatic N) is 2. The van der Waals surface area contributed by atoms with Crippen molar-refractivity contribution in [1.82, 2.24) is 20.6 Å². The predicted molar refractivity (Wildman–Crippen MR) is 305 cm³/mol. The van der Waals surface area contributed by atoms with Crippen molar-refractivity contribution in [1.29, 1.82) is 0 Å². The van der Waals surface area contributed by atoms with Gasteiger partial charge in [-0.2, -0.15) is 0 Å². The molecule has 378 valence electrons. The number of nitrogen functional groups attached to an aromatic ring is 3. The molecule has 0 saturated carbocycles. The number of nitrogens with two attached hydrogens (primary N) is 3. The van der Waals surface area contributed by atoms with E-state index in [-0.39, 0.29) is 35.1 Å². The van der Waals surface area contributed by atoms with Crippen molar-refractivity contribution in [3.63, 3.8) is 0 Å². The molecule has 8 N–H and O–H groups in total. The van der Waals surface area contributed by atoms with Crippen molar-refractivity contribution in [3.05, 3.63) is 197 Å². The molecule has 1 saturated heterocycles. The number of aryl methyl sites for hydroxylation is 2. The van der Waals surface area contributed by atoms with Gasteiger partial charge in [0.2, 0.25) is 0 Å². The van der Waals surface area contributed by atoms with Gasteiger partial charge in [0, 0.05) is 71.1 Å². The summed E-state index contributed by atoms with van der Waals surface area (Å²) in [7, 11) is -0.460. The van der Waals surface area contributed by atoms with Gasteiger partial charge in [-0.15, -0.1) is 0 Å². The minimum Gasteiger partial charge on any atom is -0.399 e. The first-order chi connectivity index (χ1) is 34.8. The molecule has 7 aromatic rings. The summed E-state index contributed by atoms with van der Waals surface area (Å²) >= 11 is 24.2. The van der Waals surface area contributed by atoms with Crippen LogP contribution in [0.15, 0.2) is 149 Å². The van der Waals surface area contributed by atoms with Crippen LogP contribution in [0.2, 0.25) is 15.1 Å². The lowest BCUT2D eigenvalue weighted by Gasteiger charge is -2.32. The van der Waals surface area contributed by atoms with Gasteiger partial charge >= 0.3 is 7.12 Å². The van der Waals surface area contributed by atoms with Gasteiger partial charge in [-0.25, -0.2) is 4.98 Å². The Kier molecular flexibility index (Phi) is 18.7. The van der Waals surface area contributed by atoms with Gasteiger partial charge in [0.25, 0.3) is 11.8 Å². The Bertz CT molecular complexity index is 3080. The lowest BCUT2D eigenvalue weighted by molar-refractivity contribution is 0.00578. The molecule has 2 amide bonds. The number of aromatic nitrogens is 2. The third-order valence-electron chi connectivity index (χ3n) is 13.2. The standard InChI is InChI=1S/C22H20ClN3O.C16H15BrN2O.C12H17BClNO2.C6H5BrClN/c23-16-8-9-19(24)18(13-16)21-12-15(10-11-25-21)22(27)26-20-7-3-5-14-4-1-2-6-17(14)20;17-15-10-12(8-9-18-15)16(20)19-14-7-3-5-11-4-1-2-6-13(11)14;1-11(2)12(3,4)17-13(16-11)9-7-8(14)5-6-10(9)15;7-5-3-4(8)1-2-6(5)9/h1-2,4,6,8-13,20H,3,5,7,24H2,(H,26,27);1-2,4,6,8-10,14H,3,5,7H2,(H,19,20);5-7H,15H2,1-4H3;1-3H,9H2/t20-;14-;;/m00../s1. The van der Waals surface area contributed by atoms with Gasteiger partial charge in [-0.3, -0.25) is 14.6 Å². The quantitative estimate of drug-likeness (QED) is 0.0615. The molecule has 10 rings (SSSR count). The number of pyridine rings is 2. The van der Waals surface area contributed by atoms with Gasteiger partial charge in [0.15, 0.2) is 0 Å². The maximum atomic E-state index is 12.9. The highest BCUT2D eigenvalue weighted by Gasteiger charge is 2.52. The first-order valence-electron chi connectivity index (χ1n) is 23.8. The van der Waals surface area contributed by atoms with Gasteiger partial charge in [-0.1, -0.05) is 83.3 Å². The molecule has 0 spiro atoms. The lowest BCUT2D eigenvalue weighted by Crippen LogP contribution is -2.41. The zero-order valence-electron chi connectivity index (χ0n) is 40.9. The van der Waals surface area contributed by atoms with Crippen LogP contribution < -0.4 is 33.3 Å². The highest BCUT2D eigenvalue weighted by Crippen LogP contribution is 2.37. The maximum absolute atomic E-state index is 12.9. The molecule has 3 heterocycles. The summed E-state index contributed by atoms with van der Waals surface area (Å²) in [4.78, 5) is 33.6. The summed E-state index contributed by atoms with van der Waals surface area (Å²) in [6.45, 7) is 8.03. The molecule has 1 fully saturated rings. The van der Waals surface area contributed by atoms with Crippen LogP contribution in [0.3, 0.4) is 0 Å². The second-order valence-electron chi connectivity index (χ2n) is 18.8. The molecular weight excluding hydrogens is 1110 g/mol. The summed E-state index contributed by atoms with van der Waals surface area (Å²) in [5.41, 5.74) is 27.1. The average molecular weight is 1170 g/mol. The van der Waals surface area contributed by atoms with Crippen LogP contribution in [0.1, 0.15) is 108 Å². The van der Waals surface area contributed by atoms with E-state index in [1.165, 1.54) is 22.3 Å². The van der Waals surface area contributed by atoms with Crippen molar-refractivity contribution < 1.29 is 18.9 Å². The van der Waals surface area contributed by atoms with E-state index in [2.05, 4.69) is 82.8 Å². The van der Waals surface area contributed by atoms with Crippen molar-refractivity contribution >= 4 is 108 Å². The fraction of sp³-hybridized carbons (Fsp3) is 0.250. The van der Waals surface area contributed by atoms with Gasteiger partial charge in [-0.05, 0) is 199 Å². The van der Waals surface area contributed by atoms with E-state index < -0.39 is 7.12 Å².